The van der Waals surface area contributed by atoms with Gasteiger partial charge in [0.25, 0.3) is 17.7 Å². The first-order chi connectivity index (χ1) is 15.6. The van der Waals surface area contributed by atoms with Gasteiger partial charge in [-0.15, -0.1) is 0 Å². The Bertz CT molecular complexity index is 951. The normalized spacial score (nSPS) is 19.7. The van der Waals surface area contributed by atoms with Crippen molar-refractivity contribution >= 4 is 17.7 Å². The largest absolute Gasteiger partial charge is 0.376 e. The van der Waals surface area contributed by atoms with E-state index in [9.17, 15) is 14.4 Å². The third-order valence-corrected chi connectivity index (χ3v) is 5.33. The Kier molecular flexibility index (Phi) is 7.97. The van der Waals surface area contributed by atoms with E-state index in [1.807, 2.05) is 18.2 Å². The van der Waals surface area contributed by atoms with Gasteiger partial charge in [-0.1, -0.05) is 30.3 Å². The molecule has 4 rings (SSSR count). The molecule has 0 spiro atoms. The van der Waals surface area contributed by atoms with E-state index >= 15 is 0 Å². The fourth-order valence-electron chi connectivity index (χ4n) is 3.78. The van der Waals surface area contributed by atoms with Gasteiger partial charge in [-0.25, -0.2) is 0 Å². The Balaban J connectivity index is 0.000000619. The van der Waals surface area contributed by atoms with Gasteiger partial charge < -0.3 is 20.3 Å². The van der Waals surface area contributed by atoms with E-state index < -0.39 is 5.79 Å². The first-order valence-corrected chi connectivity index (χ1v) is 11.0. The van der Waals surface area contributed by atoms with Crippen LogP contribution in [0.25, 0.3) is 0 Å². The maximum atomic E-state index is 12.4. The van der Waals surface area contributed by atoms with Crippen LogP contribution >= 0.6 is 0 Å². The molecular formula is C25H32N2O6. The number of carbonyl (C=O) groups excluding carboxylic acids is 3. The molecule has 2 aromatic carbocycles. The minimum Gasteiger partial charge on any atom is -0.376 e. The van der Waals surface area contributed by atoms with E-state index in [-0.39, 0.29) is 31.2 Å². The highest BCUT2D eigenvalue weighted by molar-refractivity contribution is 6.21. The van der Waals surface area contributed by atoms with Crippen LogP contribution in [0.3, 0.4) is 0 Å². The van der Waals surface area contributed by atoms with Crippen molar-refractivity contribution < 1.29 is 30.8 Å². The molecule has 1 saturated heterocycles. The van der Waals surface area contributed by atoms with Crippen molar-refractivity contribution in [1.29, 1.82) is 0 Å². The number of fused-ring (bicyclic) bond motifs is 1. The van der Waals surface area contributed by atoms with Gasteiger partial charge in [-0.3, -0.25) is 19.3 Å². The lowest BCUT2D eigenvalue weighted by atomic mass is 10.0. The number of amides is 3. The van der Waals surface area contributed by atoms with Gasteiger partial charge in [0.1, 0.15) is 0 Å². The molecule has 2 aromatic rings. The van der Waals surface area contributed by atoms with Gasteiger partial charge in [-0.2, -0.15) is 0 Å². The number of nitrogens with one attached hydrogen (secondary N) is 1. The fourth-order valence-corrected chi connectivity index (χ4v) is 3.78. The van der Waals surface area contributed by atoms with E-state index in [1.54, 1.807) is 36.4 Å². The first kappa shape index (κ1) is 24.6. The van der Waals surface area contributed by atoms with Crippen molar-refractivity contribution in [3.8, 4) is 0 Å². The number of ether oxygens (including phenoxy) is 1. The second-order valence-corrected chi connectivity index (χ2v) is 8.72. The fraction of sp³-hybridized carbons (Fsp3) is 0.400. The van der Waals surface area contributed by atoms with E-state index in [1.165, 1.54) is 18.7 Å². The van der Waals surface area contributed by atoms with Crippen molar-refractivity contribution in [3.05, 3.63) is 71.3 Å². The first-order valence-electron chi connectivity index (χ1n) is 11.0. The van der Waals surface area contributed by atoms with Crippen molar-refractivity contribution in [3.63, 3.8) is 0 Å². The average molecular weight is 457 g/mol. The lowest BCUT2D eigenvalue weighted by Gasteiger charge is -2.16. The Morgan fingerprint density at radius 3 is 2.18 bits per heavy atom. The highest BCUT2D eigenvalue weighted by Crippen LogP contribution is 2.26. The molecule has 2 atom stereocenters. The smallest absolute Gasteiger partial charge is 0.261 e. The van der Waals surface area contributed by atoms with Gasteiger partial charge in [0, 0.05) is 20.1 Å². The summed E-state index contributed by atoms with van der Waals surface area (Å²) >= 11 is 0. The highest BCUT2D eigenvalue weighted by atomic mass is 16.5. The molecule has 3 amide bonds. The molecule has 0 radical (unpaired) electrons. The predicted molar refractivity (Wildman–Crippen MR) is 124 cm³/mol. The molecule has 8 heteroatoms. The maximum absolute atomic E-state index is 12.4. The summed E-state index contributed by atoms with van der Waals surface area (Å²) in [6.45, 7) is 4.02. The summed E-state index contributed by atoms with van der Waals surface area (Å²) < 4.78 is 5.78. The Hall–Kier alpha value is -3.07. The van der Waals surface area contributed by atoms with Gasteiger partial charge in [-0.05, 0) is 56.9 Å². The number of aliphatic hydroxyl groups is 2. The van der Waals surface area contributed by atoms with Crippen molar-refractivity contribution in [2.45, 2.75) is 38.6 Å². The highest BCUT2D eigenvalue weighted by Gasteiger charge is 2.36. The van der Waals surface area contributed by atoms with Crippen LogP contribution in [0.2, 0.25) is 0 Å². The topological polar surface area (TPSA) is 116 Å². The standard InChI is InChI=1S/C22H22N2O4.C3H8O2.H2/c25-20(16-6-2-1-3-7-16)23-13-17-12-15(14-28-17)10-11-24-21(26)18-8-4-5-9-19(18)22(24)27;1-3(2,4)5;/h1-9,15,17H,10-14H2,(H,23,25);4-5H,1-2H3;1H/t15-,17-;;/m0../s1. The van der Waals surface area contributed by atoms with Gasteiger partial charge >= 0.3 is 0 Å². The van der Waals surface area contributed by atoms with Crippen LogP contribution < -0.4 is 5.32 Å². The number of hydrogen-bond acceptors (Lipinski definition) is 6. The summed E-state index contributed by atoms with van der Waals surface area (Å²) in [7, 11) is 0. The second kappa shape index (κ2) is 10.7. The van der Waals surface area contributed by atoms with Gasteiger partial charge in [0.15, 0.2) is 5.79 Å². The van der Waals surface area contributed by atoms with Crippen LogP contribution in [-0.2, 0) is 4.74 Å². The summed E-state index contributed by atoms with van der Waals surface area (Å²) in [5, 5.41) is 19.1. The minimum absolute atomic E-state index is 0. The van der Waals surface area contributed by atoms with Crippen LogP contribution in [0.5, 0.6) is 0 Å². The number of hydrogen-bond donors (Lipinski definition) is 3. The summed E-state index contributed by atoms with van der Waals surface area (Å²) in [4.78, 5) is 38.3. The second-order valence-electron chi connectivity index (χ2n) is 8.72. The SMILES string of the molecule is CC(C)(O)O.O=C(NC[C@@H]1C[C@H](CCN2C(=O)c3ccccc3C2=O)CO1)c1ccccc1.[HH]. The number of benzene rings is 2. The Labute approximate surface area is 194 Å². The number of imide groups is 1. The molecule has 3 N–H and O–H groups in total. The monoisotopic (exact) mass is 456 g/mol. The van der Waals surface area contributed by atoms with Gasteiger partial charge in [0.2, 0.25) is 0 Å². The molecule has 2 heterocycles. The molecule has 2 aliphatic heterocycles. The van der Waals surface area contributed by atoms with Crippen molar-refractivity contribution in [1.82, 2.24) is 10.2 Å². The van der Waals surface area contributed by atoms with Gasteiger partial charge in [0.05, 0.1) is 23.8 Å². The zero-order valence-corrected chi connectivity index (χ0v) is 18.9. The third-order valence-electron chi connectivity index (χ3n) is 5.33. The lowest BCUT2D eigenvalue weighted by Crippen LogP contribution is -2.32. The Morgan fingerprint density at radius 2 is 1.61 bits per heavy atom. The Morgan fingerprint density at radius 1 is 1.06 bits per heavy atom. The number of carbonyl (C=O) groups is 3. The zero-order valence-electron chi connectivity index (χ0n) is 18.9. The lowest BCUT2D eigenvalue weighted by molar-refractivity contribution is -0.127. The van der Waals surface area contributed by atoms with E-state index in [4.69, 9.17) is 14.9 Å². The molecule has 33 heavy (non-hydrogen) atoms. The number of rotatable bonds is 6. The van der Waals surface area contributed by atoms with E-state index in [0.717, 1.165) is 6.42 Å². The molecule has 0 aromatic heterocycles. The molecule has 0 bridgehead atoms. The van der Waals surface area contributed by atoms with Crippen molar-refractivity contribution in [2.24, 2.45) is 5.92 Å². The summed E-state index contributed by atoms with van der Waals surface area (Å²) in [6.07, 6.45) is 1.46. The molecule has 0 unspecified atom stereocenters. The predicted octanol–water partition coefficient (Wildman–Crippen LogP) is 2.46. The quantitative estimate of drug-likeness (QED) is 0.454. The summed E-state index contributed by atoms with van der Waals surface area (Å²) in [5.74, 6) is -1.78. The maximum Gasteiger partial charge on any atom is 0.261 e. The van der Waals surface area contributed by atoms with E-state index in [0.29, 0.717) is 42.8 Å². The van der Waals surface area contributed by atoms with Crippen LogP contribution in [-0.4, -0.2) is 64.4 Å². The van der Waals surface area contributed by atoms with Crippen LogP contribution in [0, 0.1) is 5.92 Å². The molecular weight excluding hydrogens is 424 g/mol. The average Bonchev–Trinajstić information content (AvgIpc) is 3.33. The molecule has 1 fully saturated rings. The molecule has 2 aliphatic rings. The van der Waals surface area contributed by atoms with Crippen molar-refractivity contribution in [2.75, 3.05) is 19.7 Å². The number of nitrogens with zero attached hydrogens (tertiary/aromatic N) is 1. The molecule has 0 saturated carbocycles. The minimum atomic E-state index is -1.50. The molecule has 8 nitrogen and oxygen atoms in total. The van der Waals surface area contributed by atoms with Crippen LogP contribution in [0.1, 0.15) is 59.2 Å². The zero-order chi connectivity index (χ0) is 24.0. The third kappa shape index (κ3) is 6.95. The molecule has 178 valence electrons. The van der Waals surface area contributed by atoms with E-state index in [2.05, 4.69) is 5.32 Å². The summed E-state index contributed by atoms with van der Waals surface area (Å²) in [5.41, 5.74) is 1.59. The molecule has 0 aliphatic carbocycles. The van der Waals surface area contributed by atoms with Crippen LogP contribution in [0.4, 0.5) is 0 Å². The van der Waals surface area contributed by atoms with Crippen LogP contribution in [0.15, 0.2) is 54.6 Å². The summed E-state index contributed by atoms with van der Waals surface area (Å²) in [6, 6.07) is 16.0.